The van der Waals surface area contributed by atoms with Gasteiger partial charge in [-0.1, -0.05) is 19.3 Å². The summed E-state index contributed by atoms with van der Waals surface area (Å²) in [5.41, 5.74) is 6.55. The van der Waals surface area contributed by atoms with E-state index in [-0.39, 0.29) is 0 Å². The van der Waals surface area contributed by atoms with Crippen molar-refractivity contribution < 1.29 is 4.74 Å². The average molecular weight is 221 g/mol. The van der Waals surface area contributed by atoms with Crippen molar-refractivity contribution in [2.24, 2.45) is 11.7 Å². The van der Waals surface area contributed by atoms with Crippen molar-refractivity contribution in [1.82, 2.24) is 10.2 Å². The molecule has 1 aromatic rings. The van der Waals surface area contributed by atoms with Gasteiger partial charge in [0, 0.05) is 12.1 Å². The molecule has 4 heteroatoms. The van der Waals surface area contributed by atoms with E-state index in [0.717, 1.165) is 12.2 Å². The zero-order valence-corrected chi connectivity index (χ0v) is 9.56. The predicted octanol–water partition coefficient (Wildman–Crippen LogP) is 1.89. The molecule has 1 heterocycles. The van der Waals surface area contributed by atoms with E-state index in [0.29, 0.717) is 18.3 Å². The Morgan fingerprint density at radius 3 is 2.88 bits per heavy atom. The van der Waals surface area contributed by atoms with E-state index in [1.807, 2.05) is 6.07 Å². The molecule has 88 valence electrons. The maximum absolute atomic E-state index is 5.71. The molecule has 4 nitrogen and oxygen atoms in total. The Bertz CT molecular complexity index is 324. The van der Waals surface area contributed by atoms with Crippen LogP contribution in [0.5, 0.6) is 5.88 Å². The van der Waals surface area contributed by atoms with E-state index >= 15 is 0 Å². The molecule has 1 aliphatic carbocycles. The summed E-state index contributed by atoms with van der Waals surface area (Å²) < 4.78 is 5.71. The minimum atomic E-state index is 0.454. The monoisotopic (exact) mass is 221 g/mol. The lowest BCUT2D eigenvalue weighted by Gasteiger charge is -2.21. The maximum Gasteiger partial charge on any atom is 0.237 e. The largest absolute Gasteiger partial charge is 0.476 e. The van der Waals surface area contributed by atoms with Gasteiger partial charge in [-0.2, -0.15) is 5.10 Å². The predicted molar refractivity (Wildman–Crippen MR) is 62.0 cm³/mol. The third kappa shape index (κ3) is 2.92. The van der Waals surface area contributed by atoms with Gasteiger partial charge < -0.3 is 10.5 Å². The van der Waals surface area contributed by atoms with Crippen molar-refractivity contribution in [3.63, 3.8) is 0 Å². The Labute approximate surface area is 96.2 Å². The molecule has 0 atom stereocenters. The topological polar surface area (TPSA) is 61.0 Å². The molecule has 0 aromatic carbocycles. The number of aromatic nitrogens is 2. The average Bonchev–Trinajstić information content (AvgIpc) is 2.38. The lowest BCUT2D eigenvalue weighted by Crippen LogP contribution is -2.17. The van der Waals surface area contributed by atoms with Gasteiger partial charge in [-0.3, -0.25) is 0 Å². The zero-order valence-electron chi connectivity index (χ0n) is 9.56. The number of nitrogens with two attached hydrogens (primary N) is 1. The highest BCUT2D eigenvalue weighted by molar-refractivity contribution is 5.22. The van der Waals surface area contributed by atoms with Gasteiger partial charge in [0.15, 0.2) is 0 Å². The molecule has 0 aliphatic heterocycles. The van der Waals surface area contributed by atoms with Gasteiger partial charge in [-0.25, -0.2) is 0 Å². The smallest absolute Gasteiger partial charge is 0.237 e. The quantitative estimate of drug-likeness (QED) is 0.843. The van der Waals surface area contributed by atoms with Crippen LogP contribution in [0, 0.1) is 5.92 Å². The summed E-state index contributed by atoms with van der Waals surface area (Å²) in [6.45, 7) is 1.21. The van der Waals surface area contributed by atoms with Crippen LogP contribution in [0.25, 0.3) is 0 Å². The third-order valence-electron chi connectivity index (χ3n) is 3.17. The standard InChI is InChI=1S/C12H19N3O/c13-8-11-6-7-14-15-12(11)16-9-10-4-2-1-3-5-10/h6-7,10H,1-5,8-9,13H2. The first-order valence-corrected chi connectivity index (χ1v) is 6.03. The highest BCUT2D eigenvalue weighted by atomic mass is 16.5. The van der Waals surface area contributed by atoms with E-state index < -0.39 is 0 Å². The van der Waals surface area contributed by atoms with Crippen LogP contribution in [0.2, 0.25) is 0 Å². The first-order chi connectivity index (χ1) is 7.90. The van der Waals surface area contributed by atoms with Crippen molar-refractivity contribution in [2.75, 3.05) is 6.61 Å². The summed E-state index contributed by atoms with van der Waals surface area (Å²) in [6, 6.07) is 1.86. The molecule has 0 amide bonds. The molecular formula is C12H19N3O. The molecular weight excluding hydrogens is 202 g/mol. The van der Waals surface area contributed by atoms with Crippen molar-refractivity contribution in [3.8, 4) is 5.88 Å². The number of ether oxygens (including phenoxy) is 1. The van der Waals surface area contributed by atoms with Gasteiger partial charge in [0.2, 0.25) is 5.88 Å². The Morgan fingerprint density at radius 1 is 1.31 bits per heavy atom. The van der Waals surface area contributed by atoms with Gasteiger partial charge in [0.1, 0.15) is 0 Å². The fourth-order valence-electron chi connectivity index (χ4n) is 2.17. The Balaban J connectivity index is 1.88. The fourth-order valence-corrected chi connectivity index (χ4v) is 2.17. The first-order valence-electron chi connectivity index (χ1n) is 6.03. The molecule has 2 N–H and O–H groups in total. The number of rotatable bonds is 4. The van der Waals surface area contributed by atoms with Gasteiger partial charge in [0.05, 0.1) is 12.8 Å². The van der Waals surface area contributed by atoms with Crippen LogP contribution in [0.1, 0.15) is 37.7 Å². The molecule has 1 fully saturated rings. The number of nitrogens with zero attached hydrogens (tertiary/aromatic N) is 2. The maximum atomic E-state index is 5.71. The lowest BCUT2D eigenvalue weighted by molar-refractivity contribution is 0.199. The molecule has 0 saturated heterocycles. The summed E-state index contributed by atoms with van der Waals surface area (Å²) >= 11 is 0. The van der Waals surface area contributed by atoms with Gasteiger partial charge in [-0.15, -0.1) is 5.10 Å². The van der Waals surface area contributed by atoms with Gasteiger partial charge in [-0.05, 0) is 24.8 Å². The van der Waals surface area contributed by atoms with Crippen molar-refractivity contribution in [3.05, 3.63) is 17.8 Å². The molecule has 1 aromatic heterocycles. The van der Waals surface area contributed by atoms with Crippen molar-refractivity contribution in [2.45, 2.75) is 38.6 Å². The molecule has 1 aliphatic rings. The Morgan fingerprint density at radius 2 is 2.12 bits per heavy atom. The Hall–Kier alpha value is -1.16. The van der Waals surface area contributed by atoms with Crippen LogP contribution in [-0.2, 0) is 6.54 Å². The van der Waals surface area contributed by atoms with Crippen molar-refractivity contribution >= 4 is 0 Å². The molecule has 1 saturated carbocycles. The second-order valence-electron chi connectivity index (χ2n) is 4.38. The minimum absolute atomic E-state index is 0.454. The van der Waals surface area contributed by atoms with Crippen LogP contribution >= 0.6 is 0 Å². The normalized spacial score (nSPS) is 17.3. The summed E-state index contributed by atoms with van der Waals surface area (Å²) in [5, 5.41) is 7.81. The summed E-state index contributed by atoms with van der Waals surface area (Å²) in [6.07, 6.45) is 8.23. The van der Waals surface area contributed by atoms with Gasteiger partial charge in [0.25, 0.3) is 0 Å². The highest BCUT2D eigenvalue weighted by Gasteiger charge is 2.15. The minimum Gasteiger partial charge on any atom is -0.476 e. The van der Waals surface area contributed by atoms with Crippen LogP contribution in [0.4, 0.5) is 0 Å². The van der Waals surface area contributed by atoms with E-state index in [1.54, 1.807) is 6.20 Å². The second-order valence-corrected chi connectivity index (χ2v) is 4.38. The molecule has 2 rings (SSSR count). The number of hydrogen-bond donors (Lipinski definition) is 1. The zero-order chi connectivity index (χ0) is 11.2. The summed E-state index contributed by atoms with van der Waals surface area (Å²) in [4.78, 5) is 0. The highest BCUT2D eigenvalue weighted by Crippen LogP contribution is 2.24. The molecule has 0 spiro atoms. The fraction of sp³-hybridized carbons (Fsp3) is 0.667. The van der Waals surface area contributed by atoms with Gasteiger partial charge >= 0.3 is 0 Å². The van der Waals surface area contributed by atoms with E-state index in [2.05, 4.69) is 10.2 Å². The summed E-state index contributed by atoms with van der Waals surface area (Å²) in [7, 11) is 0. The molecule has 16 heavy (non-hydrogen) atoms. The lowest BCUT2D eigenvalue weighted by atomic mass is 9.90. The second kappa shape index (κ2) is 5.80. The van der Waals surface area contributed by atoms with E-state index in [4.69, 9.17) is 10.5 Å². The molecule has 0 radical (unpaired) electrons. The Kier molecular flexibility index (Phi) is 4.10. The van der Waals surface area contributed by atoms with Crippen LogP contribution < -0.4 is 10.5 Å². The first kappa shape index (κ1) is 11.3. The summed E-state index contributed by atoms with van der Waals surface area (Å²) in [5.74, 6) is 1.29. The van der Waals surface area contributed by atoms with E-state index in [9.17, 15) is 0 Å². The molecule has 0 unspecified atom stereocenters. The SMILES string of the molecule is NCc1ccnnc1OCC1CCCCC1. The third-order valence-corrected chi connectivity index (χ3v) is 3.17. The van der Waals surface area contributed by atoms with Crippen molar-refractivity contribution in [1.29, 1.82) is 0 Å². The van der Waals surface area contributed by atoms with Crippen LogP contribution in [0.15, 0.2) is 12.3 Å². The number of hydrogen-bond acceptors (Lipinski definition) is 4. The van der Waals surface area contributed by atoms with Crippen LogP contribution in [-0.4, -0.2) is 16.8 Å². The van der Waals surface area contributed by atoms with Crippen LogP contribution in [0.3, 0.4) is 0 Å². The molecule has 0 bridgehead atoms. The van der Waals surface area contributed by atoms with E-state index in [1.165, 1.54) is 32.1 Å².